The molecule has 1 fully saturated rings. The Balaban J connectivity index is 1.74. The highest BCUT2D eigenvalue weighted by Crippen LogP contribution is 2.33. The van der Waals surface area contributed by atoms with Crippen LogP contribution in [-0.4, -0.2) is 155 Å². The number of carbonyl (C=O) groups is 8. The van der Waals surface area contributed by atoms with Gasteiger partial charge in [-0.25, -0.2) is 4.79 Å². The van der Waals surface area contributed by atoms with Crippen molar-refractivity contribution in [3.05, 3.63) is 48.0 Å². The zero-order chi connectivity index (χ0) is 50.3. The lowest BCUT2D eigenvalue weighted by Crippen LogP contribution is -2.60. The van der Waals surface area contributed by atoms with Crippen molar-refractivity contribution >= 4 is 47.3 Å². The molecule has 0 spiro atoms. The molecule has 374 valence electrons. The third-order valence-electron chi connectivity index (χ3n) is 13.7. The van der Waals surface area contributed by atoms with Crippen LogP contribution in [0.2, 0.25) is 0 Å². The number of amides is 7. The molecule has 3 rings (SSSR count). The number of unbranched alkanes of at least 4 members (excludes halogenated alkanes) is 2. The lowest BCUT2D eigenvalue weighted by atomic mass is 9.89. The maximum Gasteiger partial charge on any atom is 0.326 e. The van der Waals surface area contributed by atoms with Gasteiger partial charge >= 0.3 is 5.97 Å². The number of rotatable bonds is 27. The van der Waals surface area contributed by atoms with Crippen molar-refractivity contribution in [3.63, 3.8) is 0 Å². The van der Waals surface area contributed by atoms with Crippen LogP contribution in [0.15, 0.2) is 42.5 Å². The number of likely N-dealkylation sites (N-methyl/N-ethyl adjacent to an activating group) is 2. The van der Waals surface area contributed by atoms with Gasteiger partial charge in [-0.05, 0) is 55.9 Å². The van der Waals surface area contributed by atoms with Crippen LogP contribution in [0.25, 0.3) is 0 Å². The van der Waals surface area contributed by atoms with E-state index in [4.69, 9.17) is 9.47 Å². The fraction of sp³-hybridized carbons (Fsp3) is 0.680. The number of likely N-dealkylation sites (tertiary alicyclic amines) is 1. The molecule has 6 unspecified atom stereocenters. The zero-order valence-corrected chi connectivity index (χ0v) is 41.9. The number of carbonyl (C=O) groups excluding carboxylic acids is 7. The number of nitrogens with zero attached hydrogens (tertiary/aromatic N) is 4. The number of methoxy groups -OCH3 is 2. The maximum atomic E-state index is 14.6. The normalized spacial score (nSPS) is 19.7. The van der Waals surface area contributed by atoms with E-state index >= 15 is 0 Å². The largest absolute Gasteiger partial charge is 0.480 e. The standard InChI is InChI=1S/C50H78N6O11/c1-13-32(6)45(54(10)49(63)43(30(2)3)52-48(62)44(31(4)5)53(9)39(57)22-18-15-19-27-55-40(58)25-26-41(55)59)38(66-11)29-42(60)56-33(7)23-24-37(56)46(67-12)34(8)47(61)51-36(50(64)65)28-35-20-16-14-17-21-35/h14,16-17,20-21,25-26,30-34,36-38,43-46H,13,15,18-19,22-24,27-29H2,1-12H3,(H,51,61)(H,52,62)(H,64,65)/t32-,33?,34?,36?,37-,38?,43-,44?,45?,46+/m0/s1. The Bertz CT molecular complexity index is 1870. The number of imide groups is 1. The van der Waals surface area contributed by atoms with Gasteiger partial charge in [-0.2, -0.15) is 0 Å². The number of nitrogens with one attached hydrogen (secondary N) is 2. The first kappa shape index (κ1) is 56.2. The molecule has 1 saturated heterocycles. The number of carboxylic acids is 1. The van der Waals surface area contributed by atoms with Crippen LogP contribution >= 0.6 is 0 Å². The van der Waals surface area contributed by atoms with Gasteiger partial charge in [0, 0.05) is 65.9 Å². The molecular weight excluding hydrogens is 861 g/mol. The Kier molecular flexibility index (Phi) is 22.1. The number of hydrogen-bond donors (Lipinski definition) is 3. The van der Waals surface area contributed by atoms with Crippen molar-refractivity contribution in [1.29, 1.82) is 0 Å². The maximum absolute atomic E-state index is 14.6. The highest BCUT2D eigenvalue weighted by atomic mass is 16.5. The van der Waals surface area contributed by atoms with E-state index in [1.165, 1.54) is 36.2 Å². The molecule has 17 heteroatoms. The van der Waals surface area contributed by atoms with Gasteiger partial charge in [0.15, 0.2) is 0 Å². The van der Waals surface area contributed by atoms with E-state index < -0.39 is 66.1 Å². The molecule has 0 aliphatic carbocycles. The van der Waals surface area contributed by atoms with E-state index in [1.54, 1.807) is 55.1 Å². The first-order chi connectivity index (χ1) is 31.6. The smallest absolute Gasteiger partial charge is 0.326 e. The fourth-order valence-electron chi connectivity index (χ4n) is 9.58. The van der Waals surface area contributed by atoms with Crippen molar-refractivity contribution < 1.29 is 52.9 Å². The average molecular weight is 939 g/mol. The Morgan fingerprint density at radius 1 is 0.821 bits per heavy atom. The third kappa shape index (κ3) is 14.9. The van der Waals surface area contributed by atoms with Crippen LogP contribution in [0.5, 0.6) is 0 Å². The minimum Gasteiger partial charge on any atom is -0.480 e. The summed E-state index contributed by atoms with van der Waals surface area (Å²) >= 11 is 0. The van der Waals surface area contributed by atoms with Gasteiger partial charge in [-0.1, -0.05) is 91.6 Å². The van der Waals surface area contributed by atoms with Gasteiger partial charge in [-0.3, -0.25) is 38.5 Å². The van der Waals surface area contributed by atoms with Gasteiger partial charge in [0.05, 0.1) is 36.6 Å². The molecule has 2 heterocycles. The highest BCUT2D eigenvalue weighted by Gasteiger charge is 2.46. The summed E-state index contributed by atoms with van der Waals surface area (Å²) in [6.07, 6.45) is 4.64. The van der Waals surface area contributed by atoms with Gasteiger partial charge in [-0.15, -0.1) is 0 Å². The topological polar surface area (TPSA) is 212 Å². The molecule has 0 radical (unpaired) electrons. The number of aliphatic carboxylic acids is 1. The predicted octanol–water partition coefficient (Wildman–Crippen LogP) is 4.22. The minimum absolute atomic E-state index is 0.0914. The predicted molar refractivity (Wildman–Crippen MR) is 253 cm³/mol. The SMILES string of the molecule is CC[C@H](C)C(C(CC(=O)N1C(C)CC[C@H]1[C@H](OC)C(C)C(=O)NC(Cc1ccccc1)C(=O)O)OC)N(C)C(=O)[C@@H](NC(=O)C(C(C)C)N(C)C(=O)CCCCCN1C(=O)C=CC1=O)C(C)C. The molecule has 1 aromatic rings. The van der Waals surface area contributed by atoms with E-state index in [-0.39, 0.29) is 79.1 Å². The van der Waals surface area contributed by atoms with Gasteiger partial charge < -0.3 is 39.9 Å². The number of ether oxygens (including phenoxy) is 2. The summed E-state index contributed by atoms with van der Waals surface area (Å²) in [7, 11) is 6.22. The second-order valence-corrected chi connectivity index (χ2v) is 19.1. The number of carboxylic acid groups (broad SMARTS) is 1. The monoisotopic (exact) mass is 939 g/mol. The van der Waals surface area contributed by atoms with Crippen LogP contribution < -0.4 is 10.6 Å². The van der Waals surface area contributed by atoms with E-state index in [0.717, 1.165) is 5.56 Å². The van der Waals surface area contributed by atoms with Crippen molar-refractivity contribution in [1.82, 2.24) is 30.2 Å². The first-order valence-corrected chi connectivity index (χ1v) is 23.9. The van der Waals surface area contributed by atoms with E-state index in [2.05, 4.69) is 10.6 Å². The number of benzene rings is 1. The second kappa shape index (κ2) is 26.4. The van der Waals surface area contributed by atoms with E-state index in [0.29, 0.717) is 38.5 Å². The summed E-state index contributed by atoms with van der Waals surface area (Å²) in [5.74, 6) is -5.28. The van der Waals surface area contributed by atoms with Crippen LogP contribution in [0, 0.1) is 23.7 Å². The van der Waals surface area contributed by atoms with Crippen molar-refractivity contribution in [2.75, 3.05) is 34.9 Å². The summed E-state index contributed by atoms with van der Waals surface area (Å²) in [6, 6.07) is 4.73. The lowest BCUT2D eigenvalue weighted by molar-refractivity contribution is -0.150. The molecule has 10 atom stereocenters. The Labute approximate surface area is 397 Å². The average Bonchev–Trinajstić information content (AvgIpc) is 3.83. The molecule has 2 aliphatic heterocycles. The van der Waals surface area contributed by atoms with Gasteiger partial charge in [0.25, 0.3) is 11.8 Å². The van der Waals surface area contributed by atoms with Crippen LogP contribution in [-0.2, 0) is 54.3 Å². The van der Waals surface area contributed by atoms with Crippen LogP contribution in [0.3, 0.4) is 0 Å². The van der Waals surface area contributed by atoms with Crippen LogP contribution in [0.1, 0.15) is 112 Å². The Morgan fingerprint density at radius 2 is 1.45 bits per heavy atom. The molecule has 2 aliphatic rings. The zero-order valence-electron chi connectivity index (χ0n) is 41.9. The molecule has 0 aromatic heterocycles. The molecule has 1 aromatic carbocycles. The summed E-state index contributed by atoms with van der Waals surface area (Å²) < 4.78 is 12.0. The molecule has 17 nitrogen and oxygen atoms in total. The Morgan fingerprint density at radius 3 is 1.99 bits per heavy atom. The molecule has 0 saturated carbocycles. The molecular formula is C50H78N6O11. The van der Waals surface area contributed by atoms with Gasteiger partial charge in [0.1, 0.15) is 18.1 Å². The first-order valence-electron chi connectivity index (χ1n) is 23.9. The summed E-state index contributed by atoms with van der Waals surface area (Å²) in [4.78, 5) is 112. The lowest BCUT2D eigenvalue weighted by Gasteiger charge is -2.41. The summed E-state index contributed by atoms with van der Waals surface area (Å²) in [5, 5.41) is 15.6. The molecule has 3 N–H and O–H groups in total. The molecule has 7 amide bonds. The third-order valence-corrected chi connectivity index (χ3v) is 13.7. The van der Waals surface area contributed by atoms with E-state index in [1.807, 2.05) is 54.5 Å². The fourth-order valence-corrected chi connectivity index (χ4v) is 9.58. The quantitative estimate of drug-likeness (QED) is 0.0840. The summed E-state index contributed by atoms with van der Waals surface area (Å²) in [6.45, 7) is 15.2. The van der Waals surface area contributed by atoms with Gasteiger partial charge in [0.2, 0.25) is 29.5 Å². The van der Waals surface area contributed by atoms with Crippen LogP contribution in [0.4, 0.5) is 0 Å². The minimum atomic E-state index is -1.17. The van der Waals surface area contributed by atoms with E-state index in [9.17, 15) is 43.5 Å². The summed E-state index contributed by atoms with van der Waals surface area (Å²) in [5.41, 5.74) is 0.761. The van der Waals surface area contributed by atoms with Crippen molar-refractivity contribution in [2.45, 2.75) is 162 Å². The second-order valence-electron chi connectivity index (χ2n) is 19.1. The van der Waals surface area contributed by atoms with Crippen molar-refractivity contribution in [2.24, 2.45) is 23.7 Å². The molecule has 0 bridgehead atoms. The highest BCUT2D eigenvalue weighted by molar-refractivity contribution is 6.12. The Hall–Kier alpha value is -5.16. The van der Waals surface area contributed by atoms with Crippen molar-refractivity contribution in [3.8, 4) is 0 Å². The number of hydrogen-bond acceptors (Lipinski definition) is 10. The molecule has 67 heavy (non-hydrogen) atoms.